The Hall–Kier alpha value is -0.340. The molecule has 0 bridgehead atoms. The zero-order chi connectivity index (χ0) is 12.1. The Labute approximate surface area is 108 Å². The van der Waals surface area contributed by atoms with Crippen LogP contribution in [0.5, 0.6) is 0 Å². The summed E-state index contributed by atoms with van der Waals surface area (Å²) in [7, 11) is 0. The van der Waals surface area contributed by atoms with Crippen molar-refractivity contribution in [1.29, 1.82) is 0 Å². The number of hydrogen-bond acceptors (Lipinski definition) is 1. The summed E-state index contributed by atoms with van der Waals surface area (Å²) in [6, 6.07) is 6.61. The van der Waals surface area contributed by atoms with Crippen molar-refractivity contribution in [1.82, 2.24) is 0 Å². The van der Waals surface area contributed by atoms with Crippen LogP contribution < -0.4 is 5.73 Å². The van der Waals surface area contributed by atoms with Crippen LogP contribution in [0.2, 0.25) is 0 Å². The van der Waals surface area contributed by atoms with Crippen LogP contribution >= 0.6 is 15.9 Å². The van der Waals surface area contributed by atoms with Crippen LogP contribution in [-0.4, -0.2) is 0 Å². The average molecular weight is 284 g/mol. The van der Waals surface area contributed by atoms with Gasteiger partial charge in [-0.2, -0.15) is 0 Å². The summed E-state index contributed by atoms with van der Waals surface area (Å²) in [6.45, 7) is 6.62. The molecule has 2 N–H and O–H groups in total. The van der Waals surface area contributed by atoms with Crippen molar-refractivity contribution in [2.45, 2.75) is 46.1 Å². The molecule has 1 nitrogen and oxygen atoms in total. The van der Waals surface area contributed by atoms with E-state index in [0.29, 0.717) is 0 Å². The molecule has 2 heteroatoms. The molecule has 1 aromatic rings. The van der Waals surface area contributed by atoms with Crippen LogP contribution in [0.4, 0.5) is 0 Å². The van der Waals surface area contributed by atoms with Crippen molar-refractivity contribution in [3.05, 3.63) is 33.8 Å². The van der Waals surface area contributed by atoms with Crippen molar-refractivity contribution in [2.24, 2.45) is 11.7 Å². The standard InChI is InChI=1S/C14H22BrN/c1-10(2)5-4-6-14(16)12-7-11(3)8-13(15)9-12/h7-10,14H,4-6,16H2,1-3H3. The number of nitrogens with two attached hydrogens (primary N) is 1. The quantitative estimate of drug-likeness (QED) is 0.841. The van der Waals surface area contributed by atoms with Gasteiger partial charge in [-0.25, -0.2) is 0 Å². The molecule has 0 fully saturated rings. The van der Waals surface area contributed by atoms with E-state index in [9.17, 15) is 0 Å². The van der Waals surface area contributed by atoms with Gasteiger partial charge in [0.1, 0.15) is 0 Å². The van der Waals surface area contributed by atoms with E-state index >= 15 is 0 Å². The summed E-state index contributed by atoms with van der Waals surface area (Å²) in [6.07, 6.45) is 3.55. The lowest BCUT2D eigenvalue weighted by molar-refractivity contribution is 0.505. The highest BCUT2D eigenvalue weighted by Gasteiger charge is 2.07. The van der Waals surface area contributed by atoms with E-state index in [0.717, 1.165) is 16.8 Å². The highest BCUT2D eigenvalue weighted by Crippen LogP contribution is 2.23. The fraction of sp³-hybridized carbons (Fsp3) is 0.571. The van der Waals surface area contributed by atoms with Gasteiger partial charge in [-0.3, -0.25) is 0 Å². The lowest BCUT2D eigenvalue weighted by Gasteiger charge is -2.14. The summed E-state index contributed by atoms with van der Waals surface area (Å²) in [5, 5.41) is 0. The van der Waals surface area contributed by atoms with E-state index in [4.69, 9.17) is 5.73 Å². The van der Waals surface area contributed by atoms with Gasteiger partial charge in [-0.15, -0.1) is 0 Å². The molecule has 1 unspecified atom stereocenters. The van der Waals surface area contributed by atoms with Crippen LogP contribution in [0.25, 0.3) is 0 Å². The topological polar surface area (TPSA) is 26.0 Å². The summed E-state index contributed by atoms with van der Waals surface area (Å²) < 4.78 is 1.13. The van der Waals surface area contributed by atoms with Crippen LogP contribution in [0.15, 0.2) is 22.7 Å². The number of halogens is 1. The minimum absolute atomic E-state index is 0.176. The Balaban J connectivity index is 2.55. The van der Waals surface area contributed by atoms with Gasteiger partial charge in [0.15, 0.2) is 0 Å². The Morgan fingerprint density at radius 2 is 1.88 bits per heavy atom. The molecule has 1 aromatic carbocycles. The zero-order valence-electron chi connectivity index (χ0n) is 10.5. The second kappa shape index (κ2) is 6.41. The Morgan fingerprint density at radius 3 is 2.44 bits per heavy atom. The predicted molar refractivity (Wildman–Crippen MR) is 74.5 cm³/mol. The molecule has 1 rings (SSSR count). The second-order valence-electron chi connectivity index (χ2n) is 4.99. The van der Waals surface area contributed by atoms with Gasteiger partial charge < -0.3 is 5.73 Å². The number of rotatable bonds is 5. The van der Waals surface area contributed by atoms with Crippen molar-refractivity contribution >= 4 is 15.9 Å². The molecule has 0 saturated heterocycles. The highest BCUT2D eigenvalue weighted by atomic mass is 79.9. The van der Waals surface area contributed by atoms with Gasteiger partial charge in [0.25, 0.3) is 0 Å². The maximum atomic E-state index is 6.20. The predicted octanol–water partition coefficient (Wildman–Crippen LogP) is 4.58. The smallest absolute Gasteiger partial charge is 0.0295 e. The van der Waals surface area contributed by atoms with E-state index < -0.39 is 0 Å². The molecule has 0 amide bonds. The summed E-state index contributed by atoms with van der Waals surface area (Å²) in [5.74, 6) is 0.774. The van der Waals surface area contributed by atoms with Crippen LogP contribution in [0.1, 0.15) is 50.3 Å². The summed E-state index contributed by atoms with van der Waals surface area (Å²) >= 11 is 3.52. The molecule has 0 spiro atoms. The van der Waals surface area contributed by atoms with E-state index in [1.165, 1.54) is 24.0 Å². The Morgan fingerprint density at radius 1 is 1.19 bits per heavy atom. The minimum atomic E-state index is 0.176. The van der Waals surface area contributed by atoms with Gasteiger partial charge in [0.2, 0.25) is 0 Å². The molecule has 0 aliphatic heterocycles. The Kier molecular flexibility index (Phi) is 5.50. The second-order valence-corrected chi connectivity index (χ2v) is 5.91. The van der Waals surface area contributed by atoms with Gasteiger partial charge in [0, 0.05) is 10.5 Å². The molecule has 0 saturated carbocycles. The van der Waals surface area contributed by atoms with Gasteiger partial charge in [-0.1, -0.05) is 48.7 Å². The molecular formula is C14H22BrN. The molecule has 0 radical (unpaired) electrons. The maximum absolute atomic E-state index is 6.20. The molecule has 0 heterocycles. The van der Waals surface area contributed by atoms with Crippen molar-refractivity contribution < 1.29 is 0 Å². The molecular weight excluding hydrogens is 262 g/mol. The fourth-order valence-electron chi connectivity index (χ4n) is 1.89. The zero-order valence-corrected chi connectivity index (χ0v) is 12.0. The van der Waals surface area contributed by atoms with Crippen LogP contribution in [0.3, 0.4) is 0 Å². The van der Waals surface area contributed by atoms with Crippen molar-refractivity contribution in [3.8, 4) is 0 Å². The van der Waals surface area contributed by atoms with Crippen molar-refractivity contribution in [3.63, 3.8) is 0 Å². The third-order valence-electron chi connectivity index (χ3n) is 2.79. The molecule has 0 aliphatic carbocycles. The first kappa shape index (κ1) is 13.7. The van der Waals surface area contributed by atoms with Crippen molar-refractivity contribution in [2.75, 3.05) is 0 Å². The van der Waals surface area contributed by atoms with E-state index in [-0.39, 0.29) is 6.04 Å². The molecule has 0 aromatic heterocycles. The fourth-order valence-corrected chi connectivity index (χ4v) is 2.52. The number of aryl methyl sites for hydroxylation is 1. The lowest BCUT2D eigenvalue weighted by atomic mass is 9.98. The van der Waals surface area contributed by atoms with Gasteiger partial charge in [0.05, 0.1) is 0 Å². The lowest BCUT2D eigenvalue weighted by Crippen LogP contribution is -2.10. The first-order valence-corrected chi connectivity index (χ1v) is 6.81. The Bertz CT molecular complexity index is 313. The number of hydrogen-bond donors (Lipinski definition) is 1. The minimum Gasteiger partial charge on any atom is -0.324 e. The van der Waals surface area contributed by atoms with Gasteiger partial charge >= 0.3 is 0 Å². The monoisotopic (exact) mass is 283 g/mol. The molecule has 90 valence electrons. The van der Waals surface area contributed by atoms with E-state index in [2.05, 4.69) is 54.9 Å². The van der Waals surface area contributed by atoms with E-state index in [1.54, 1.807) is 0 Å². The third-order valence-corrected chi connectivity index (χ3v) is 3.25. The molecule has 0 aliphatic rings. The van der Waals surface area contributed by atoms with Crippen LogP contribution in [0, 0.1) is 12.8 Å². The largest absolute Gasteiger partial charge is 0.324 e. The summed E-state index contributed by atoms with van der Waals surface area (Å²) in [5.41, 5.74) is 8.71. The third kappa shape index (κ3) is 4.67. The van der Waals surface area contributed by atoms with E-state index in [1.807, 2.05) is 0 Å². The average Bonchev–Trinajstić information content (AvgIpc) is 2.15. The first-order valence-electron chi connectivity index (χ1n) is 6.01. The normalized spacial score (nSPS) is 13.1. The maximum Gasteiger partial charge on any atom is 0.0295 e. The SMILES string of the molecule is Cc1cc(Br)cc(C(N)CCCC(C)C)c1. The first-order chi connectivity index (χ1) is 7.49. The van der Waals surface area contributed by atoms with Gasteiger partial charge in [-0.05, 0) is 42.5 Å². The van der Waals surface area contributed by atoms with Crippen LogP contribution in [-0.2, 0) is 0 Å². The summed E-state index contributed by atoms with van der Waals surface area (Å²) in [4.78, 5) is 0. The number of benzene rings is 1. The molecule has 16 heavy (non-hydrogen) atoms. The highest BCUT2D eigenvalue weighted by molar-refractivity contribution is 9.10. The molecule has 1 atom stereocenters.